The number of pyridine rings is 1. The van der Waals surface area contributed by atoms with Crippen molar-refractivity contribution in [2.24, 2.45) is 5.92 Å². The molecule has 0 amide bonds. The molecule has 1 rings (SSSR count). The lowest BCUT2D eigenvalue weighted by atomic mass is 10.1. The Bertz CT molecular complexity index is 448. The first kappa shape index (κ1) is 12.5. The molecule has 1 aromatic heterocycles. The number of hydrogen-bond acceptors (Lipinski definition) is 2. The maximum absolute atomic E-state index is 11.4. The smallest absolute Gasteiger partial charge is 0.341 e. The Morgan fingerprint density at radius 1 is 1.56 bits per heavy atom. The molecule has 88 valence electrons. The molecule has 0 aliphatic heterocycles. The average Bonchev–Trinajstić information content (AvgIpc) is 2.21. The first-order chi connectivity index (χ1) is 7.45. The van der Waals surface area contributed by atoms with E-state index in [0.717, 1.165) is 18.7 Å². The summed E-state index contributed by atoms with van der Waals surface area (Å²) in [5, 5.41) is 8.86. The normalized spacial score (nSPS) is 12.4. The Hall–Kier alpha value is -1.58. The van der Waals surface area contributed by atoms with Crippen LogP contribution in [0.5, 0.6) is 0 Å². The summed E-state index contributed by atoms with van der Waals surface area (Å²) in [6, 6.07) is 1.38. The van der Waals surface area contributed by atoms with Crippen molar-refractivity contribution in [3.05, 3.63) is 33.7 Å². The van der Waals surface area contributed by atoms with Gasteiger partial charge in [-0.3, -0.25) is 4.79 Å². The van der Waals surface area contributed by atoms with Crippen LogP contribution in [-0.2, 0) is 6.54 Å². The van der Waals surface area contributed by atoms with Crippen molar-refractivity contribution in [1.29, 1.82) is 0 Å². The lowest BCUT2D eigenvalue weighted by Crippen LogP contribution is -2.20. The molecule has 1 N–H and O–H groups in total. The summed E-state index contributed by atoms with van der Waals surface area (Å²) in [6.07, 6.45) is 2.46. The molecule has 0 saturated heterocycles. The molecule has 0 fully saturated rings. The fraction of sp³-hybridized carbons (Fsp3) is 0.500. The number of hydrogen-bond donors (Lipinski definition) is 1. The van der Waals surface area contributed by atoms with E-state index in [4.69, 9.17) is 5.11 Å². The maximum Gasteiger partial charge on any atom is 0.341 e. The third-order valence-corrected chi connectivity index (χ3v) is 2.78. The fourth-order valence-corrected chi connectivity index (χ4v) is 1.49. The van der Waals surface area contributed by atoms with Crippen LogP contribution in [0.2, 0.25) is 0 Å². The number of aromatic carboxylic acids is 1. The largest absolute Gasteiger partial charge is 0.477 e. The van der Waals surface area contributed by atoms with Crippen LogP contribution >= 0.6 is 0 Å². The highest BCUT2D eigenvalue weighted by atomic mass is 16.4. The number of carbonyl (C=O) groups is 1. The van der Waals surface area contributed by atoms with E-state index in [1.165, 1.54) is 12.3 Å². The predicted molar refractivity (Wildman–Crippen MR) is 61.9 cm³/mol. The van der Waals surface area contributed by atoms with Crippen LogP contribution in [0.25, 0.3) is 0 Å². The number of nitrogens with zero attached hydrogens (tertiary/aromatic N) is 1. The number of rotatable bonds is 4. The van der Waals surface area contributed by atoms with E-state index in [2.05, 4.69) is 13.8 Å². The van der Waals surface area contributed by atoms with Gasteiger partial charge in [0.2, 0.25) is 0 Å². The van der Waals surface area contributed by atoms with Crippen LogP contribution < -0.4 is 5.43 Å². The van der Waals surface area contributed by atoms with E-state index in [-0.39, 0.29) is 5.56 Å². The minimum absolute atomic E-state index is 0.158. The van der Waals surface area contributed by atoms with Gasteiger partial charge in [-0.2, -0.15) is 0 Å². The summed E-state index contributed by atoms with van der Waals surface area (Å²) in [6.45, 7) is 6.73. The van der Waals surface area contributed by atoms with Gasteiger partial charge in [0.05, 0.1) is 0 Å². The van der Waals surface area contributed by atoms with Gasteiger partial charge in [0.1, 0.15) is 5.56 Å². The zero-order chi connectivity index (χ0) is 12.3. The molecule has 0 saturated carbocycles. The van der Waals surface area contributed by atoms with Crippen molar-refractivity contribution in [2.75, 3.05) is 0 Å². The van der Waals surface area contributed by atoms with Crippen LogP contribution in [0.15, 0.2) is 17.1 Å². The number of carboxylic acids is 1. The van der Waals surface area contributed by atoms with Crippen molar-refractivity contribution in [3.63, 3.8) is 0 Å². The second-order valence-electron chi connectivity index (χ2n) is 4.16. The summed E-state index contributed by atoms with van der Waals surface area (Å²) < 4.78 is 1.83. The Morgan fingerprint density at radius 3 is 2.69 bits per heavy atom. The monoisotopic (exact) mass is 223 g/mol. The standard InChI is InChI=1S/C12H17NO3/c1-4-8(2)6-13-7-10(12(15)16)11(14)5-9(13)3/h5,7-8H,4,6H2,1-3H3,(H,15,16). The molecular formula is C12H17NO3. The topological polar surface area (TPSA) is 59.3 Å². The SMILES string of the molecule is CCC(C)Cn1cc(C(=O)O)c(=O)cc1C. The van der Waals surface area contributed by atoms with Crippen molar-refractivity contribution >= 4 is 5.97 Å². The third kappa shape index (κ3) is 2.72. The second-order valence-corrected chi connectivity index (χ2v) is 4.16. The Labute approximate surface area is 94.5 Å². The molecular weight excluding hydrogens is 206 g/mol. The molecule has 16 heavy (non-hydrogen) atoms. The van der Waals surface area contributed by atoms with Gasteiger partial charge in [-0.05, 0) is 12.8 Å². The molecule has 4 nitrogen and oxygen atoms in total. The average molecular weight is 223 g/mol. The summed E-state index contributed by atoms with van der Waals surface area (Å²) in [7, 11) is 0. The molecule has 1 aromatic rings. The van der Waals surface area contributed by atoms with Crippen molar-refractivity contribution in [2.45, 2.75) is 33.7 Å². The molecule has 0 radical (unpaired) electrons. The number of aromatic nitrogens is 1. The predicted octanol–water partition coefficient (Wildman–Crippen LogP) is 1.90. The molecule has 0 bridgehead atoms. The minimum atomic E-state index is -1.16. The first-order valence-corrected chi connectivity index (χ1v) is 5.40. The van der Waals surface area contributed by atoms with Gasteiger partial charge < -0.3 is 9.67 Å². The molecule has 1 unspecified atom stereocenters. The third-order valence-electron chi connectivity index (χ3n) is 2.78. The number of aryl methyl sites for hydroxylation is 1. The molecule has 1 heterocycles. The highest BCUT2D eigenvalue weighted by Gasteiger charge is 2.11. The zero-order valence-corrected chi connectivity index (χ0v) is 9.86. The first-order valence-electron chi connectivity index (χ1n) is 5.40. The maximum atomic E-state index is 11.4. The molecule has 0 aliphatic rings. The van der Waals surface area contributed by atoms with E-state index < -0.39 is 11.4 Å². The molecule has 0 aliphatic carbocycles. The summed E-state index contributed by atoms with van der Waals surface area (Å²) in [4.78, 5) is 22.2. The van der Waals surface area contributed by atoms with Gasteiger partial charge in [0.15, 0.2) is 5.43 Å². The van der Waals surface area contributed by atoms with Crippen molar-refractivity contribution in [1.82, 2.24) is 4.57 Å². The van der Waals surface area contributed by atoms with E-state index in [1.54, 1.807) is 0 Å². The molecule has 4 heteroatoms. The highest BCUT2D eigenvalue weighted by Crippen LogP contribution is 2.08. The van der Waals surface area contributed by atoms with Gasteiger partial charge in [-0.25, -0.2) is 4.79 Å². The van der Waals surface area contributed by atoms with Crippen molar-refractivity contribution in [3.8, 4) is 0 Å². The lowest BCUT2D eigenvalue weighted by Gasteiger charge is -2.15. The van der Waals surface area contributed by atoms with E-state index >= 15 is 0 Å². The van der Waals surface area contributed by atoms with Gasteiger partial charge in [0, 0.05) is 24.5 Å². The van der Waals surface area contributed by atoms with Crippen LogP contribution in [0.3, 0.4) is 0 Å². The van der Waals surface area contributed by atoms with Gasteiger partial charge >= 0.3 is 5.97 Å². The quantitative estimate of drug-likeness (QED) is 0.848. The Morgan fingerprint density at radius 2 is 2.19 bits per heavy atom. The lowest BCUT2D eigenvalue weighted by molar-refractivity contribution is 0.0694. The minimum Gasteiger partial charge on any atom is -0.477 e. The molecule has 1 atom stereocenters. The van der Waals surface area contributed by atoms with Crippen LogP contribution in [0, 0.1) is 12.8 Å². The second kappa shape index (κ2) is 4.96. The van der Waals surface area contributed by atoms with Crippen LogP contribution in [-0.4, -0.2) is 15.6 Å². The van der Waals surface area contributed by atoms with Crippen molar-refractivity contribution < 1.29 is 9.90 Å². The molecule has 0 aromatic carbocycles. The van der Waals surface area contributed by atoms with Gasteiger partial charge in [-0.1, -0.05) is 20.3 Å². The highest BCUT2D eigenvalue weighted by molar-refractivity contribution is 5.87. The number of carboxylic acid groups (broad SMARTS) is 1. The summed E-state index contributed by atoms with van der Waals surface area (Å²) in [5.74, 6) is -0.703. The Kier molecular flexibility index (Phi) is 3.88. The summed E-state index contributed by atoms with van der Waals surface area (Å²) in [5.41, 5.74) is 0.217. The van der Waals surface area contributed by atoms with Gasteiger partial charge in [0.25, 0.3) is 0 Å². The van der Waals surface area contributed by atoms with Gasteiger partial charge in [-0.15, -0.1) is 0 Å². The van der Waals surface area contributed by atoms with Crippen LogP contribution in [0.1, 0.15) is 36.3 Å². The Balaban J connectivity index is 3.15. The van der Waals surface area contributed by atoms with Crippen LogP contribution in [0.4, 0.5) is 0 Å². The van der Waals surface area contributed by atoms with E-state index in [0.29, 0.717) is 5.92 Å². The zero-order valence-electron chi connectivity index (χ0n) is 9.86. The van der Waals surface area contributed by atoms with E-state index in [9.17, 15) is 9.59 Å². The molecule has 0 spiro atoms. The fourth-order valence-electron chi connectivity index (χ4n) is 1.49. The summed E-state index contributed by atoms with van der Waals surface area (Å²) >= 11 is 0. The van der Waals surface area contributed by atoms with E-state index in [1.807, 2.05) is 11.5 Å².